The van der Waals surface area contributed by atoms with Crippen LogP contribution in [0.15, 0.2) is 0 Å². The average Bonchev–Trinajstić information content (AvgIpc) is 2.25. The highest BCUT2D eigenvalue weighted by atomic mass is 16.1. The molecule has 0 amide bonds. The Morgan fingerprint density at radius 3 is 1.88 bits per heavy atom. The van der Waals surface area contributed by atoms with Crippen LogP contribution in [0.4, 0.5) is 0 Å². The maximum absolute atomic E-state index is 12.6. The highest BCUT2D eigenvalue weighted by Crippen LogP contribution is 2.60. The second-order valence-electron chi connectivity index (χ2n) is 6.87. The third-order valence-corrected chi connectivity index (χ3v) is 5.62. The molecule has 1 atom stereocenters. The SMILES string of the molecule is CCC(C)C(=O)C12CC3CC(CC(C3)C1)C2.N. The summed E-state index contributed by atoms with van der Waals surface area (Å²) in [4.78, 5) is 12.6. The highest BCUT2D eigenvalue weighted by molar-refractivity contribution is 5.87. The minimum absolute atomic E-state index is 0. The van der Waals surface area contributed by atoms with Crippen LogP contribution in [-0.4, -0.2) is 5.78 Å². The summed E-state index contributed by atoms with van der Waals surface area (Å²) in [5, 5.41) is 0. The first-order chi connectivity index (χ1) is 7.63. The molecule has 0 heterocycles. The molecule has 0 spiro atoms. The zero-order valence-corrected chi connectivity index (χ0v) is 11.4. The standard InChI is InChI=1S/C15H24O.H3N/c1-3-10(2)14(16)15-7-11-4-12(8-15)6-13(5-11)9-15;/h10-13H,3-9H2,1-2H3;1H3. The molecule has 17 heavy (non-hydrogen) atoms. The van der Waals surface area contributed by atoms with Crippen LogP contribution in [0.5, 0.6) is 0 Å². The van der Waals surface area contributed by atoms with Crippen molar-refractivity contribution in [1.29, 1.82) is 0 Å². The molecule has 0 aromatic heterocycles. The van der Waals surface area contributed by atoms with Gasteiger partial charge in [-0.2, -0.15) is 0 Å². The van der Waals surface area contributed by atoms with Crippen LogP contribution in [0.1, 0.15) is 58.8 Å². The number of carbonyl (C=O) groups excluding carboxylic acids is 1. The van der Waals surface area contributed by atoms with Crippen molar-refractivity contribution in [3.8, 4) is 0 Å². The third-order valence-electron chi connectivity index (χ3n) is 5.62. The average molecular weight is 237 g/mol. The van der Waals surface area contributed by atoms with E-state index in [4.69, 9.17) is 0 Å². The van der Waals surface area contributed by atoms with Crippen molar-refractivity contribution in [2.45, 2.75) is 58.8 Å². The van der Waals surface area contributed by atoms with Gasteiger partial charge in [-0.25, -0.2) is 0 Å². The largest absolute Gasteiger partial charge is 0.344 e. The zero-order valence-electron chi connectivity index (χ0n) is 11.4. The summed E-state index contributed by atoms with van der Waals surface area (Å²) in [5.41, 5.74) is 0.143. The Labute approximate surface area is 105 Å². The molecule has 0 aromatic carbocycles. The second kappa shape index (κ2) is 4.38. The Morgan fingerprint density at radius 2 is 1.53 bits per heavy atom. The molecule has 4 bridgehead atoms. The number of ketones is 1. The summed E-state index contributed by atoms with van der Waals surface area (Å²) in [6, 6.07) is 0. The van der Waals surface area contributed by atoms with Crippen molar-refractivity contribution in [3.63, 3.8) is 0 Å². The molecule has 0 saturated heterocycles. The number of Topliss-reactive ketones (excluding diaryl/α,β-unsaturated/α-hetero) is 1. The van der Waals surface area contributed by atoms with Gasteiger partial charge in [0.1, 0.15) is 5.78 Å². The summed E-state index contributed by atoms with van der Waals surface area (Å²) in [6.07, 6.45) is 9.06. The van der Waals surface area contributed by atoms with Crippen LogP contribution in [0.2, 0.25) is 0 Å². The van der Waals surface area contributed by atoms with E-state index in [0.717, 1.165) is 24.2 Å². The van der Waals surface area contributed by atoms with Crippen molar-refractivity contribution in [2.75, 3.05) is 0 Å². The third kappa shape index (κ3) is 1.95. The molecule has 2 heteroatoms. The van der Waals surface area contributed by atoms with Gasteiger partial charge >= 0.3 is 0 Å². The molecule has 4 fully saturated rings. The Bertz CT molecular complexity index is 275. The van der Waals surface area contributed by atoms with E-state index < -0.39 is 0 Å². The molecule has 0 aliphatic heterocycles. The normalized spacial score (nSPS) is 44.2. The quantitative estimate of drug-likeness (QED) is 0.807. The van der Waals surface area contributed by atoms with Crippen molar-refractivity contribution < 1.29 is 4.79 Å². The maximum Gasteiger partial charge on any atom is 0.141 e. The van der Waals surface area contributed by atoms with E-state index in [1.165, 1.54) is 38.5 Å². The first-order valence-corrected chi connectivity index (χ1v) is 7.17. The topological polar surface area (TPSA) is 52.1 Å². The fraction of sp³-hybridized carbons (Fsp3) is 0.933. The fourth-order valence-electron chi connectivity index (χ4n) is 5.12. The van der Waals surface area contributed by atoms with Gasteiger partial charge in [0.2, 0.25) is 0 Å². The van der Waals surface area contributed by atoms with Gasteiger partial charge in [0.15, 0.2) is 0 Å². The van der Waals surface area contributed by atoms with Crippen LogP contribution >= 0.6 is 0 Å². The number of rotatable bonds is 3. The van der Waals surface area contributed by atoms with E-state index in [-0.39, 0.29) is 11.6 Å². The molecule has 1 unspecified atom stereocenters. The van der Waals surface area contributed by atoms with Gasteiger partial charge in [-0.15, -0.1) is 0 Å². The summed E-state index contributed by atoms with van der Waals surface area (Å²) in [6.45, 7) is 4.30. The summed E-state index contributed by atoms with van der Waals surface area (Å²) < 4.78 is 0. The Hall–Kier alpha value is -0.370. The minimum atomic E-state index is 0. The smallest absolute Gasteiger partial charge is 0.141 e. The summed E-state index contributed by atoms with van der Waals surface area (Å²) in [7, 11) is 0. The lowest BCUT2D eigenvalue weighted by Gasteiger charge is -2.56. The molecule has 4 rings (SSSR count). The molecule has 4 saturated carbocycles. The Kier molecular flexibility index (Phi) is 3.37. The van der Waals surface area contributed by atoms with Gasteiger partial charge < -0.3 is 6.15 Å². The molecule has 3 N–H and O–H groups in total. The Morgan fingerprint density at radius 1 is 1.12 bits per heavy atom. The van der Waals surface area contributed by atoms with Gasteiger partial charge in [0, 0.05) is 11.3 Å². The predicted octanol–water partition coefficient (Wildman–Crippen LogP) is 3.98. The van der Waals surface area contributed by atoms with E-state index >= 15 is 0 Å². The summed E-state index contributed by atoms with van der Waals surface area (Å²) in [5.74, 6) is 3.63. The molecule has 4 aliphatic rings. The van der Waals surface area contributed by atoms with Gasteiger partial charge in [-0.05, 0) is 62.7 Å². The highest BCUT2D eigenvalue weighted by Gasteiger charge is 2.54. The lowest BCUT2D eigenvalue weighted by Crippen LogP contribution is -2.51. The molecular weight excluding hydrogens is 210 g/mol. The monoisotopic (exact) mass is 237 g/mol. The van der Waals surface area contributed by atoms with E-state index in [9.17, 15) is 4.79 Å². The van der Waals surface area contributed by atoms with Crippen molar-refractivity contribution >= 4 is 5.78 Å². The van der Waals surface area contributed by atoms with Crippen LogP contribution in [0.25, 0.3) is 0 Å². The van der Waals surface area contributed by atoms with E-state index in [1.807, 2.05) is 0 Å². The lowest BCUT2D eigenvalue weighted by molar-refractivity contribution is -0.147. The van der Waals surface area contributed by atoms with E-state index in [0.29, 0.717) is 11.7 Å². The maximum atomic E-state index is 12.6. The molecule has 0 aromatic rings. The van der Waals surface area contributed by atoms with Gasteiger partial charge in [0.05, 0.1) is 0 Å². The number of hydrogen-bond donors (Lipinski definition) is 1. The van der Waals surface area contributed by atoms with Crippen LogP contribution in [0.3, 0.4) is 0 Å². The molecule has 2 nitrogen and oxygen atoms in total. The number of carbonyl (C=O) groups is 1. The summed E-state index contributed by atoms with van der Waals surface area (Å²) >= 11 is 0. The van der Waals surface area contributed by atoms with Gasteiger partial charge in [-0.3, -0.25) is 4.79 Å². The number of hydrogen-bond acceptors (Lipinski definition) is 2. The van der Waals surface area contributed by atoms with Crippen molar-refractivity contribution in [3.05, 3.63) is 0 Å². The molecule has 0 radical (unpaired) electrons. The Balaban J connectivity index is 0.00000108. The molecule has 98 valence electrons. The van der Waals surface area contributed by atoms with Crippen molar-refractivity contribution in [2.24, 2.45) is 29.1 Å². The predicted molar refractivity (Wildman–Crippen MR) is 70.1 cm³/mol. The second-order valence-corrected chi connectivity index (χ2v) is 6.87. The van der Waals surface area contributed by atoms with Crippen molar-refractivity contribution in [1.82, 2.24) is 6.15 Å². The lowest BCUT2D eigenvalue weighted by atomic mass is 9.47. The van der Waals surface area contributed by atoms with Gasteiger partial charge in [0.25, 0.3) is 0 Å². The van der Waals surface area contributed by atoms with Crippen LogP contribution in [-0.2, 0) is 4.79 Å². The molecular formula is C15H27NO. The molecule has 4 aliphatic carbocycles. The minimum Gasteiger partial charge on any atom is -0.344 e. The first kappa shape index (κ1) is 13.1. The van der Waals surface area contributed by atoms with E-state index in [1.54, 1.807) is 0 Å². The van der Waals surface area contributed by atoms with Crippen LogP contribution < -0.4 is 6.15 Å². The fourth-order valence-corrected chi connectivity index (χ4v) is 5.12. The first-order valence-electron chi connectivity index (χ1n) is 7.17. The van der Waals surface area contributed by atoms with Gasteiger partial charge in [-0.1, -0.05) is 13.8 Å². The zero-order chi connectivity index (χ0) is 11.3. The van der Waals surface area contributed by atoms with Crippen LogP contribution in [0, 0.1) is 29.1 Å². The van der Waals surface area contributed by atoms with E-state index in [2.05, 4.69) is 13.8 Å².